The maximum absolute atomic E-state index is 6.24. The van der Waals surface area contributed by atoms with Gasteiger partial charge in [-0.15, -0.1) is 0 Å². The van der Waals surface area contributed by atoms with Crippen LogP contribution in [0.2, 0.25) is 0 Å². The number of anilines is 3. The van der Waals surface area contributed by atoms with E-state index in [0.29, 0.717) is 0 Å². The van der Waals surface area contributed by atoms with Gasteiger partial charge in [-0.3, -0.25) is 0 Å². The van der Waals surface area contributed by atoms with Gasteiger partial charge in [0, 0.05) is 27.7 Å². The van der Waals surface area contributed by atoms with Crippen LogP contribution in [0.4, 0.5) is 17.1 Å². The van der Waals surface area contributed by atoms with Crippen LogP contribution in [0, 0.1) is 0 Å². The van der Waals surface area contributed by atoms with Crippen LogP contribution in [0.1, 0.15) is 0 Å². The van der Waals surface area contributed by atoms with Crippen molar-refractivity contribution in [3.05, 3.63) is 212 Å². The summed E-state index contributed by atoms with van der Waals surface area (Å²) in [6.07, 6.45) is 0. The van der Waals surface area contributed by atoms with Gasteiger partial charge in [0.15, 0.2) is 0 Å². The molecule has 2 nitrogen and oxygen atoms in total. The quantitative estimate of drug-likeness (QED) is 0.166. The van der Waals surface area contributed by atoms with E-state index in [4.69, 9.17) is 4.42 Å². The fourth-order valence-corrected chi connectivity index (χ4v) is 7.81. The summed E-state index contributed by atoms with van der Waals surface area (Å²) in [5, 5.41) is 4.75. The zero-order chi connectivity index (χ0) is 35.8. The second kappa shape index (κ2) is 13.4. The molecule has 0 saturated heterocycles. The summed E-state index contributed by atoms with van der Waals surface area (Å²) in [6, 6.07) is 76.0. The first-order chi connectivity index (χ1) is 26.8. The molecule has 54 heavy (non-hydrogen) atoms. The molecule has 2 heteroatoms. The molecule has 1 aromatic heterocycles. The lowest BCUT2D eigenvalue weighted by Crippen LogP contribution is -2.11. The van der Waals surface area contributed by atoms with E-state index in [1.807, 2.05) is 12.1 Å². The summed E-state index contributed by atoms with van der Waals surface area (Å²) in [5.74, 6) is 0. The Hall–Kier alpha value is -7.16. The molecular formula is C52H35NO. The van der Waals surface area contributed by atoms with Gasteiger partial charge in [-0.1, -0.05) is 164 Å². The summed E-state index contributed by atoms with van der Waals surface area (Å²) >= 11 is 0. The Kier molecular flexibility index (Phi) is 7.85. The van der Waals surface area contributed by atoms with Gasteiger partial charge in [0.1, 0.15) is 11.2 Å². The third kappa shape index (κ3) is 5.71. The van der Waals surface area contributed by atoms with Crippen molar-refractivity contribution in [2.24, 2.45) is 0 Å². The zero-order valence-corrected chi connectivity index (χ0v) is 29.6. The monoisotopic (exact) mass is 689 g/mol. The third-order valence-corrected chi connectivity index (χ3v) is 10.5. The molecular weight excluding hydrogens is 655 g/mol. The zero-order valence-electron chi connectivity index (χ0n) is 29.6. The summed E-state index contributed by atoms with van der Waals surface area (Å²) in [5.41, 5.74) is 14.5. The van der Waals surface area contributed by atoms with E-state index in [1.54, 1.807) is 0 Å². The molecule has 9 aromatic carbocycles. The first kappa shape index (κ1) is 31.6. The largest absolute Gasteiger partial charge is 0.456 e. The number of fused-ring (bicyclic) bond motifs is 4. The van der Waals surface area contributed by atoms with Crippen molar-refractivity contribution in [2.75, 3.05) is 4.90 Å². The Morgan fingerprint density at radius 1 is 0.315 bits per heavy atom. The summed E-state index contributed by atoms with van der Waals surface area (Å²) < 4.78 is 6.24. The molecule has 0 radical (unpaired) electrons. The lowest BCUT2D eigenvalue weighted by Gasteiger charge is -2.28. The fraction of sp³-hybridized carbons (Fsp3) is 0. The number of benzene rings is 9. The molecule has 0 aliphatic rings. The van der Waals surface area contributed by atoms with Crippen molar-refractivity contribution in [1.29, 1.82) is 0 Å². The average Bonchev–Trinajstić information content (AvgIpc) is 3.64. The van der Waals surface area contributed by atoms with Gasteiger partial charge < -0.3 is 9.32 Å². The topological polar surface area (TPSA) is 16.4 Å². The highest BCUT2D eigenvalue weighted by atomic mass is 16.3. The Labute approximate surface area is 314 Å². The molecule has 0 spiro atoms. The van der Waals surface area contributed by atoms with Crippen LogP contribution in [0.5, 0.6) is 0 Å². The van der Waals surface area contributed by atoms with Crippen LogP contribution in [0.3, 0.4) is 0 Å². The van der Waals surface area contributed by atoms with Crippen LogP contribution in [-0.4, -0.2) is 0 Å². The molecule has 1 heterocycles. The van der Waals surface area contributed by atoms with Gasteiger partial charge in [0.25, 0.3) is 0 Å². The van der Waals surface area contributed by atoms with E-state index in [9.17, 15) is 0 Å². The number of nitrogens with zero attached hydrogens (tertiary/aromatic N) is 1. The number of rotatable bonds is 7. The first-order valence-electron chi connectivity index (χ1n) is 18.4. The smallest absolute Gasteiger partial charge is 0.136 e. The van der Waals surface area contributed by atoms with Crippen molar-refractivity contribution >= 4 is 49.8 Å². The van der Waals surface area contributed by atoms with E-state index in [-0.39, 0.29) is 0 Å². The van der Waals surface area contributed by atoms with Gasteiger partial charge in [0.2, 0.25) is 0 Å². The van der Waals surface area contributed by atoms with Crippen molar-refractivity contribution in [3.8, 4) is 44.5 Å². The normalized spacial score (nSPS) is 11.3. The second-order valence-electron chi connectivity index (χ2n) is 13.7. The molecule has 0 N–H and O–H groups in total. The number of para-hydroxylation sites is 2. The Balaban J connectivity index is 1.11. The van der Waals surface area contributed by atoms with E-state index in [0.717, 1.165) is 61.3 Å². The van der Waals surface area contributed by atoms with Gasteiger partial charge in [-0.05, 0) is 98.2 Å². The van der Waals surface area contributed by atoms with Crippen LogP contribution < -0.4 is 4.90 Å². The van der Waals surface area contributed by atoms with Gasteiger partial charge in [-0.25, -0.2) is 0 Å². The minimum Gasteiger partial charge on any atom is -0.456 e. The molecule has 0 fully saturated rings. The number of furan rings is 1. The molecule has 0 atom stereocenters. The Morgan fingerprint density at radius 2 is 0.889 bits per heavy atom. The first-order valence-corrected chi connectivity index (χ1v) is 18.4. The Bertz CT molecular complexity index is 2920. The lowest BCUT2D eigenvalue weighted by molar-refractivity contribution is 0.669. The predicted octanol–water partition coefficient (Wildman–Crippen LogP) is 14.9. The highest BCUT2D eigenvalue weighted by Crippen LogP contribution is 2.44. The van der Waals surface area contributed by atoms with Crippen molar-refractivity contribution < 1.29 is 4.42 Å². The van der Waals surface area contributed by atoms with Crippen LogP contribution in [-0.2, 0) is 0 Å². The van der Waals surface area contributed by atoms with Crippen LogP contribution in [0.15, 0.2) is 217 Å². The van der Waals surface area contributed by atoms with E-state index in [1.165, 1.54) is 33.0 Å². The number of hydrogen-bond acceptors (Lipinski definition) is 2. The van der Waals surface area contributed by atoms with Gasteiger partial charge in [0.05, 0.1) is 5.69 Å². The maximum Gasteiger partial charge on any atom is 0.136 e. The SMILES string of the molecule is c1ccc(-c2ccc(-c3ccccc3N(c3ccc(-c4cccc5oc6ccccc6c45)cc3)c3cccc(-c4ccc5ccccc5c4)c3)cc2)cc1. The van der Waals surface area contributed by atoms with E-state index in [2.05, 4.69) is 205 Å². The molecule has 0 amide bonds. The molecule has 254 valence electrons. The predicted molar refractivity (Wildman–Crippen MR) is 228 cm³/mol. The van der Waals surface area contributed by atoms with Crippen LogP contribution >= 0.6 is 0 Å². The maximum atomic E-state index is 6.24. The van der Waals surface area contributed by atoms with Gasteiger partial charge >= 0.3 is 0 Å². The average molecular weight is 690 g/mol. The lowest BCUT2D eigenvalue weighted by atomic mass is 9.97. The van der Waals surface area contributed by atoms with E-state index >= 15 is 0 Å². The summed E-state index contributed by atoms with van der Waals surface area (Å²) in [4.78, 5) is 2.39. The number of hydrogen-bond donors (Lipinski definition) is 0. The standard InChI is InChI=1S/C52H35NO/c1-2-12-36(13-3-1)38-24-27-39(28-25-38)46-18-6-8-21-49(46)53(45-17-10-16-42(35-45)43-29-26-37-14-4-5-15-41(37)34-43)44-32-30-40(31-33-44)47-20-11-23-51-52(47)48-19-7-9-22-50(48)54-51/h1-35H. The minimum absolute atomic E-state index is 0.900. The minimum atomic E-state index is 0.900. The van der Waals surface area contributed by atoms with Crippen molar-refractivity contribution in [1.82, 2.24) is 0 Å². The summed E-state index contributed by atoms with van der Waals surface area (Å²) in [6.45, 7) is 0. The molecule has 0 aliphatic heterocycles. The molecule has 0 bridgehead atoms. The summed E-state index contributed by atoms with van der Waals surface area (Å²) in [7, 11) is 0. The van der Waals surface area contributed by atoms with Crippen LogP contribution in [0.25, 0.3) is 77.2 Å². The van der Waals surface area contributed by atoms with Gasteiger partial charge in [-0.2, -0.15) is 0 Å². The fourth-order valence-electron chi connectivity index (χ4n) is 7.81. The second-order valence-corrected chi connectivity index (χ2v) is 13.7. The van der Waals surface area contributed by atoms with Crippen molar-refractivity contribution in [2.45, 2.75) is 0 Å². The Morgan fingerprint density at radius 3 is 1.76 bits per heavy atom. The molecule has 10 rings (SSSR count). The van der Waals surface area contributed by atoms with Crippen molar-refractivity contribution in [3.63, 3.8) is 0 Å². The van der Waals surface area contributed by atoms with E-state index < -0.39 is 0 Å². The highest BCUT2D eigenvalue weighted by Gasteiger charge is 2.19. The molecule has 0 unspecified atom stereocenters. The molecule has 10 aromatic rings. The molecule has 0 saturated carbocycles. The molecule has 0 aliphatic carbocycles. The highest BCUT2D eigenvalue weighted by molar-refractivity contribution is 6.12. The third-order valence-electron chi connectivity index (χ3n) is 10.5.